The van der Waals surface area contributed by atoms with Crippen LogP contribution in [-0.2, 0) is 0 Å². The van der Waals surface area contributed by atoms with Crippen LogP contribution in [0.1, 0.15) is 34.6 Å². The number of hydrogen-bond donors (Lipinski definition) is 0. The van der Waals surface area contributed by atoms with Crippen molar-refractivity contribution < 1.29 is 13.2 Å². The lowest BCUT2D eigenvalue weighted by Gasteiger charge is -2.28. The maximum atomic E-state index is 9.67. The van der Waals surface area contributed by atoms with Gasteiger partial charge in [0, 0.05) is 12.1 Å². The first-order chi connectivity index (χ1) is 5.82. The zero-order valence-corrected chi connectivity index (χ0v) is 9.02. The summed E-state index contributed by atoms with van der Waals surface area (Å²) in [4.78, 5) is 2.46. The van der Waals surface area contributed by atoms with Gasteiger partial charge in [-0.1, -0.05) is 6.92 Å². The third kappa shape index (κ3) is 11.8. The zero-order valence-electron chi connectivity index (χ0n) is 9.02. The molecule has 0 saturated carbocycles. The van der Waals surface area contributed by atoms with Gasteiger partial charge >= 0.3 is 6.68 Å². The fourth-order valence-corrected chi connectivity index (χ4v) is 1.33. The zero-order chi connectivity index (χ0) is 11.0. The molecule has 0 aliphatic rings. The smallest absolute Gasteiger partial charge is 0.299 e. The lowest BCUT2D eigenvalue weighted by molar-refractivity contribution is 0.00819. The van der Waals surface area contributed by atoms with Gasteiger partial charge in [0.05, 0.1) is 0 Å². The highest BCUT2D eigenvalue weighted by atomic mass is 19.4. The van der Waals surface area contributed by atoms with Crippen molar-refractivity contribution in [3.63, 3.8) is 0 Å². The number of nitrogens with zero attached hydrogens (tertiary/aromatic N) is 1. The van der Waals surface area contributed by atoms with Gasteiger partial charge in [0.15, 0.2) is 0 Å². The minimum Gasteiger partial charge on any atom is -0.299 e. The maximum absolute atomic E-state index is 9.67. The molecule has 13 heavy (non-hydrogen) atoms. The largest absolute Gasteiger partial charge is 0.379 e. The van der Waals surface area contributed by atoms with Gasteiger partial charge in [-0.2, -0.15) is 13.2 Å². The van der Waals surface area contributed by atoms with Crippen molar-refractivity contribution in [1.82, 2.24) is 4.90 Å². The minimum atomic E-state index is -3.67. The van der Waals surface area contributed by atoms with E-state index in [1.807, 2.05) is 0 Å². The van der Waals surface area contributed by atoms with Gasteiger partial charge in [0.1, 0.15) is 0 Å². The molecule has 4 heteroatoms. The first-order valence-corrected chi connectivity index (χ1v) is 4.50. The second kappa shape index (κ2) is 8.35. The van der Waals surface area contributed by atoms with Crippen LogP contribution in [0.25, 0.3) is 0 Å². The molecule has 0 saturated heterocycles. The van der Waals surface area contributed by atoms with Crippen molar-refractivity contribution in [2.24, 2.45) is 0 Å². The van der Waals surface area contributed by atoms with Crippen LogP contribution in [-0.4, -0.2) is 30.2 Å². The van der Waals surface area contributed by atoms with Crippen LogP contribution in [0, 0.1) is 0 Å². The van der Waals surface area contributed by atoms with E-state index in [2.05, 4.69) is 39.5 Å². The summed E-state index contributed by atoms with van der Waals surface area (Å²) in [6.07, 6.45) is 0. The monoisotopic (exact) mass is 199 g/mol. The predicted octanol–water partition coefficient (Wildman–Crippen LogP) is 3.30. The van der Waals surface area contributed by atoms with Crippen LogP contribution < -0.4 is 0 Å². The molecule has 0 bridgehead atoms. The molecule has 0 radical (unpaired) electrons. The molecule has 0 rings (SSSR count). The molecule has 0 aromatic heterocycles. The predicted molar refractivity (Wildman–Crippen MR) is 49.8 cm³/mol. The van der Waals surface area contributed by atoms with Crippen molar-refractivity contribution in [3.05, 3.63) is 0 Å². The van der Waals surface area contributed by atoms with Crippen LogP contribution in [0.5, 0.6) is 0 Å². The molecule has 0 fully saturated rings. The number of hydrogen-bond acceptors (Lipinski definition) is 1. The van der Waals surface area contributed by atoms with E-state index in [0.29, 0.717) is 12.1 Å². The van der Waals surface area contributed by atoms with Crippen LogP contribution in [0.3, 0.4) is 0 Å². The molecule has 1 nitrogen and oxygen atoms in total. The van der Waals surface area contributed by atoms with Gasteiger partial charge < -0.3 is 0 Å². The Morgan fingerprint density at radius 3 is 1.15 bits per heavy atom. The summed E-state index contributed by atoms with van der Waals surface area (Å²) in [7, 11) is 0. The number of halogens is 3. The quantitative estimate of drug-likeness (QED) is 0.674. The van der Waals surface area contributed by atoms with Crippen molar-refractivity contribution in [3.8, 4) is 0 Å². The van der Waals surface area contributed by atoms with E-state index in [1.165, 1.54) is 0 Å². The molecular formula is C9H20F3N. The Morgan fingerprint density at radius 1 is 0.923 bits per heavy atom. The summed E-state index contributed by atoms with van der Waals surface area (Å²) in [5.74, 6) is 0. The van der Waals surface area contributed by atoms with Gasteiger partial charge in [0.2, 0.25) is 0 Å². The normalized spacial score (nSPS) is 11.1. The van der Waals surface area contributed by atoms with Crippen LogP contribution in [0.15, 0.2) is 0 Å². The first kappa shape index (κ1) is 15.2. The number of alkyl halides is 3. The minimum absolute atomic E-state index is 0.690. The molecule has 0 N–H and O–H groups in total. The Kier molecular flexibility index (Phi) is 9.79. The van der Waals surface area contributed by atoms with E-state index in [0.717, 1.165) is 6.54 Å². The van der Waals surface area contributed by atoms with Crippen molar-refractivity contribution in [1.29, 1.82) is 0 Å². The Hall–Kier alpha value is -0.250. The van der Waals surface area contributed by atoms with Gasteiger partial charge in [-0.25, -0.2) is 0 Å². The third-order valence-corrected chi connectivity index (χ3v) is 1.69. The number of rotatable bonds is 3. The summed E-state index contributed by atoms with van der Waals surface area (Å²) in [5.41, 5.74) is 0. The van der Waals surface area contributed by atoms with Crippen molar-refractivity contribution in [2.45, 2.75) is 53.4 Å². The molecule has 0 aliphatic carbocycles. The summed E-state index contributed by atoms with van der Waals surface area (Å²) in [5, 5.41) is 0. The van der Waals surface area contributed by atoms with E-state index in [-0.39, 0.29) is 0 Å². The maximum Gasteiger partial charge on any atom is 0.379 e. The fraction of sp³-hybridized carbons (Fsp3) is 1.00. The van der Waals surface area contributed by atoms with E-state index >= 15 is 0 Å². The van der Waals surface area contributed by atoms with E-state index < -0.39 is 6.68 Å². The average Bonchev–Trinajstić information content (AvgIpc) is 1.84. The van der Waals surface area contributed by atoms with Gasteiger partial charge in [-0.05, 0) is 34.2 Å². The Morgan fingerprint density at radius 2 is 1.15 bits per heavy atom. The standard InChI is InChI=1S/C8H19N.CHF3/c1-6-9(7(2)3)8(4)5;2-1(3)4/h7-8H,6H2,1-5H3;1H. The molecule has 82 valence electrons. The lowest BCUT2D eigenvalue weighted by atomic mass is 10.2. The van der Waals surface area contributed by atoms with E-state index in [1.54, 1.807) is 0 Å². The lowest BCUT2D eigenvalue weighted by Crippen LogP contribution is -2.36. The Balaban J connectivity index is 0. The molecule has 0 aromatic carbocycles. The van der Waals surface area contributed by atoms with Crippen molar-refractivity contribution >= 4 is 0 Å². The Labute approximate surface area is 78.9 Å². The topological polar surface area (TPSA) is 3.24 Å². The van der Waals surface area contributed by atoms with Crippen LogP contribution >= 0.6 is 0 Å². The van der Waals surface area contributed by atoms with E-state index in [9.17, 15) is 13.2 Å². The molecular weight excluding hydrogens is 179 g/mol. The average molecular weight is 199 g/mol. The first-order valence-electron chi connectivity index (χ1n) is 4.50. The second-order valence-electron chi connectivity index (χ2n) is 3.27. The van der Waals surface area contributed by atoms with Gasteiger partial charge in [0.25, 0.3) is 0 Å². The fourth-order valence-electron chi connectivity index (χ4n) is 1.33. The molecule has 0 unspecified atom stereocenters. The SMILES string of the molecule is CCN(C(C)C)C(C)C.FC(F)F. The highest BCUT2D eigenvalue weighted by molar-refractivity contribution is 4.64. The molecule has 0 aliphatic heterocycles. The molecule has 0 heterocycles. The molecule has 0 spiro atoms. The van der Waals surface area contributed by atoms with Gasteiger partial charge in [-0.15, -0.1) is 0 Å². The second-order valence-corrected chi connectivity index (χ2v) is 3.27. The summed E-state index contributed by atoms with van der Waals surface area (Å²) >= 11 is 0. The van der Waals surface area contributed by atoms with Crippen LogP contribution in [0.2, 0.25) is 0 Å². The highest BCUT2D eigenvalue weighted by Gasteiger charge is 2.08. The summed E-state index contributed by atoms with van der Waals surface area (Å²) < 4.78 is 29.0. The van der Waals surface area contributed by atoms with Crippen molar-refractivity contribution in [2.75, 3.05) is 6.54 Å². The summed E-state index contributed by atoms with van der Waals surface area (Å²) in [6.45, 7) is 8.66. The van der Waals surface area contributed by atoms with Crippen LogP contribution in [0.4, 0.5) is 13.2 Å². The van der Waals surface area contributed by atoms with Gasteiger partial charge in [-0.3, -0.25) is 4.90 Å². The molecule has 0 amide bonds. The highest BCUT2D eigenvalue weighted by Crippen LogP contribution is 2.02. The third-order valence-electron chi connectivity index (χ3n) is 1.69. The molecule has 0 aromatic rings. The van der Waals surface area contributed by atoms with E-state index in [4.69, 9.17) is 0 Å². The Bertz CT molecular complexity index is 94.3. The molecule has 0 atom stereocenters. The summed E-state index contributed by atoms with van der Waals surface area (Å²) in [6, 6.07) is 1.38.